The highest BCUT2D eigenvalue weighted by molar-refractivity contribution is 7.98. The van der Waals surface area contributed by atoms with Crippen molar-refractivity contribution in [2.45, 2.75) is 93.1 Å². The second kappa shape index (κ2) is 22.3. The fourth-order valence-electron chi connectivity index (χ4n) is 9.23. The largest absolute Gasteiger partial charge is 0.459 e. The van der Waals surface area contributed by atoms with E-state index >= 15 is 0 Å². The molecule has 2 aliphatic heterocycles. The number of rotatable bonds is 22. The molecule has 1 saturated carbocycles. The number of carbonyl (C=O) groups excluding carboxylic acids is 1. The number of methoxy groups -OCH3 is 1. The van der Waals surface area contributed by atoms with E-state index in [4.69, 9.17) is 38.4 Å². The summed E-state index contributed by atoms with van der Waals surface area (Å²) in [4.78, 5) is 22.9. The highest BCUT2D eigenvalue weighted by Crippen LogP contribution is 2.62. The number of aliphatic hydroxyl groups excluding tert-OH is 3. The van der Waals surface area contributed by atoms with E-state index in [0.717, 1.165) is 54.6 Å². The van der Waals surface area contributed by atoms with E-state index in [0.29, 0.717) is 48.8 Å². The molecule has 0 bridgehead atoms. The minimum Gasteiger partial charge on any atom is -0.459 e. The van der Waals surface area contributed by atoms with Crippen LogP contribution in [0.25, 0.3) is 0 Å². The quantitative estimate of drug-likeness (QED) is 0.0467. The summed E-state index contributed by atoms with van der Waals surface area (Å²) in [7, 11) is 1.35. The zero-order valence-electron chi connectivity index (χ0n) is 34.5. The van der Waals surface area contributed by atoms with Crippen molar-refractivity contribution in [2.75, 3.05) is 66.2 Å². The summed E-state index contributed by atoms with van der Waals surface area (Å²) in [5.74, 6) is -0.0967. The summed E-state index contributed by atoms with van der Waals surface area (Å²) in [6.45, 7) is 5.11. The summed E-state index contributed by atoms with van der Waals surface area (Å²) in [6, 6.07) is 13.1. The number of aliphatic hydroxyl groups is 3. The van der Waals surface area contributed by atoms with Gasteiger partial charge in [-0.25, -0.2) is 4.79 Å². The third kappa shape index (κ3) is 10.6. The molecule has 2 fully saturated rings. The molecule has 7 unspecified atom stereocenters. The summed E-state index contributed by atoms with van der Waals surface area (Å²) in [5.41, 5.74) is 2.53. The van der Waals surface area contributed by atoms with Gasteiger partial charge in [0.05, 0.1) is 51.8 Å². The molecule has 13 nitrogen and oxygen atoms in total. The topological polar surface area (TPSA) is 158 Å². The lowest BCUT2D eigenvalue weighted by Crippen LogP contribution is -2.70. The summed E-state index contributed by atoms with van der Waals surface area (Å²) < 4.78 is 37.9. The van der Waals surface area contributed by atoms with Gasteiger partial charge >= 0.3 is 6.09 Å². The highest BCUT2D eigenvalue weighted by Gasteiger charge is 2.65. The van der Waals surface area contributed by atoms with Crippen LogP contribution in [0.3, 0.4) is 0 Å². The third-order valence-corrected chi connectivity index (χ3v) is 12.6. The molecular formula is C45H62N2O11S. The Morgan fingerprint density at radius 1 is 1.02 bits per heavy atom. The molecule has 2 aromatic rings. The first-order chi connectivity index (χ1) is 28.9. The van der Waals surface area contributed by atoms with Crippen LogP contribution in [0.5, 0.6) is 17.2 Å². The lowest BCUT2D eigenvalue weighted by molar-refractivity contribution is -0.256. The molecule has 6 rings (SSSR count). The van der Waals surface area contributed by atoms with Crippen molar-refractivity contribution >= 4 is 23.6 Å². The molecule has 324 valence electrons. The fourth-order valence-corrected chi connectivity index (χ4v) is 9.64. The average Bonchev–Trinajstić information content (AvgIpc) is 3.26. The summed E-state index contributed by atoms with van der Waals surface area (Å²) >= 11 is 1.67. The van der Waals surface area contributed by atoms with Gasteiger partial charge in [0.25, 0.3) is 0 Å². The number of thioether (sulfide) groups is 1. The highest BCUT2D eigenvalue weighted by atomic mass is 32.2. The van der Waals surface area contributed by atoms with Gasteiger partial charge in [0.2, 0.25) is 12.1 Å². The molecular weight excluding hydrogens is 777 g/mol. The molecule has 0 radical (unpaired) electrons. The summed E-state index contributed by atoms with van der Waals surface area (Å²) in [6.07, 6.45) is 12.3. The van der Waals surface area contributed by atoms with Gasteiger partial charge in [0.15, 0.2) is 0 Å². The molecule has 1 amide bonds. The minimum absolute atomic E-state index is 0.0431. The molecule has 2 heterocycles. The standard InChI is InChI=1S/C45H62N2O11S/c1-4-24-55-45-40(47(44(51)52-2)20-26-53-27-23-50)30-38(46-58-41-13-7-10-25-54-41)36-28-31(11-5-8-21-48)35(12-6-9-22-49)42(43(36)45)37-29-33(16-19-39(37)57-45)56-32-14-17-34(59-3)18-15-32/h4,14-19,28-29,31,35,40-43,48-50H,1,5-13,20-27,30H2,2-3H3. The molecule has 0 aromatic heterocycles. The number of benzene rings is 2. The first-order valence-electron chi connectivity index (χ1n) is 21.1. The van der Waals surface area contributed by atoms with Crippen molar-refractivity contribution < 1.29 is 53.4 Å². The maximum atomic E-state index is 14.0. The van der Waals surface area contributed by atoms with Crippen LogP contribution in [0, 0.1) is 17.8 Å². The first-order valence-corrected chi connectivity index (χ1v) is 22.3. The van der Waals surface area contributed by atoms with E-state index in [2.05, 4.69) is 18.7 Å². The van der Waals surface area contributed by atoms with E-state index in [-0.39, 0.29) is 70.4 Å². The van der Waals surface area contributed by atoms with Crippen LogP contribution >= 0.6 is 11.8 Å². The number of ether oxygens (including phenoxy) is 6. The van der Waals surface area contributed by atoms with Crippen molar-refractivity contribution in [3.05, 3.63) is 72.3 Å². The van der Waals surface area contributed by atoms with Gasteiger partial charge in [-0.2, -0.15) is 0 Å². The second-order valence-electron chi connectivity index (χ2n) is 15.5. The molecule has 14 heteroatoms. The Kier molecular flexibility index (Phi) is 17.0. The van der Waals surface area contributed by atoms with Gasteiger partial charge in [0.1, 0.15) is 23.3 Å². The Morgan fingerprint density at radius 2 is 1.80 bits per heavy atom. The molecule has 2 aromatic carbocycles. The van der Waals surface area contributed by atoms with Crippen LogP contribution in [0.2, 0.25) is 0 Å². The summed E-state index contributed by atoms with van der Waals surface area (Å²) in [5, 5.41) is 34.2. The SMILES string of the molecule is C=CCOC12Oc3ccc(Oc4ccc(SC)cc4)cc3C3C(CCCCO)C(CCCCO)C=C(C(=NOC4CCCCO4)CC1N(CCOCCO)C(=O)OC)C32. The van der Waals surface area contributed by atoms with Crippen LogP contribution in [0.15, 0.2) is 76.8 Å². The first kappa shape index (κ1) is 44.9. The number of hydrogen-bond donors (Lipinski definition) is 3. The lowest BCUT2D eigenvalue weighted by Gasteiger charge is -2.59. The van der Waals surface area contributed by atoms with E-state index in [1.807, 2.05) is 42.7 Å². The van der Waals surface area contributed by atoms with Gasteiger partial charge in [-0.3, -0.25) is 4.90 Å². The second-order valence-corrected chi connectivity index (χ2v) is 16.3. The Labute approximate surface area is 352 Å². The van der Waals surface area contributed by atoms with Crippen LogP contribution in [-0.2, 0) is 23.8 Å². The smallest absolute Gasteiger partial charge is 0.410 e. The monoisotopic (exact) mass is 838 g/mol. The minimum atomic E-state index is -1.45. The van der Waals surface area contributed by atoms with Crippen molar-refractivity contribution in [3.8, 4) is 17.2 Å². The molecule has 3 N–H and O–H groups in total. The molecule has 59 heavy (non-hydrogen) atoms. The van der Waals surface area contributed by atoms with Crippen LogP contribution in [0.1, 0.15) is 75.7 Å². The number of allylic oxidation sites excluding steroid dienone is 1. The third-order valence-electron chi connectivity index (χ3n) is 11.9. The number of oxime groups is 1. The number of nitrogens with zero attached hydrogens (tertiary/aromatic N) is 2. The number of unbranched alkanes of at least 4 members (excludes halogenated alkanes) is 2. The molecule has 4 aliphatic rings. The van der Waals surface area contributed by atoms with Gasteiger partial charge in [0, 0.05) is 49.0 Å². The maximum Gasteiger partial charge on any atom is 0.410 e. The number of fused-ring (bicyclic) bond motifs is 2. The zero-order chi connectivity index (χ0) is 41.6. The van der Waals surface area contributed by atoms with Crippen LogP contribution in [0.4, 0.5) is 4.79 Å². The predicted octanol–water partition coefficient (Wildman–Crippen LogP) is 7.44. The Bertz CT molecular complexity index is 1720. The van der Waals surface area contributed by atoms with Gasteiger partial charge < -0.3 is 48.6 Å². The Hall–Kier alpha value is -3.63. The molecule has 7 atom stereocenters. The lowest BCUT2D eigenvalue weighted by atomic mass is 9.55. The molecule has 1 saturated heterocycles. The van der Waals surface area contributed by atoms with E-state index in [1.165, 1.54) is 7.11 Å². The average molecular weight is 839 g/mol. The fraction of sp³-hybridized carbons (Fsp3) is 0.600. The van der Waals surface area contributed by atoms with Gasteiger partial charge in [-0.05, 0) is 105 Å². The van der Waals surface area contributed by atoms with Crippen molar-refractivity contribution in [1.82, 2.24) is 4.90 Å². The normalized spacial score (nSPS) is 26.5. The van der Waals surface area contributed by atoms with Crippen LogP contribution in [-0.4, -0.2) is 116 Å². The van der Waals surface area contributed by atoms with Crippen molar-refractivity contribution in [3.63, 3.8) is 0 Å². The Balaban J connectivity index is 1.56. The maximum absolute atomic E-state index is 14.0. The molecule has 0 spiro atoms. The number of carbonyl (C=O) groups is 1. The Morgan fingerprint density at radius 3 is 2.49 bits per heavy atom. The number of amides is 1. The van der Waals surface area contributed by atoms with Crippen LogP contribution < -0.4 is 9.47 Å². The van der Waals surface area contributed by atoms with Gasteiger partial charge in [-0.1, -0.05) is 30.1 Å². The van der Waals surface area contributed by atoms with Crippen molar-refractivity contribution in [1.29, 1.82) is 0 Å². The van der Waals surface area contributed by atoms with Gasteiger partial charge in [-0.15, -0.1) is 18.3 Å². The van der Waals surface area contributed by atoms with E-state index in [9.17, 15) is 20.1 Å². The zero-order valence-corrected chi connectivity index (χ0v) is 35.3. The molecule has 2 aliphatic carbocycles. The number of hydrogen-bond acceptors (Lipinski definition) is 13. The van der Waals surface area contributed by atoms with E-state index in [1.54, 1.807) is 22.7 Å². The van der Waals surface area contributed by atoms with E-state index < -0.39 is 30.1 Å². The van der Waals surface area contributed by atoms with Crippen molar-refractivity contribution in [2.24, 2.45) is 22.9 Å². The predicted molar refractivity (Wildman–Crippen MR) is 225 cm³/mol.